The van der Waals surface area contributed by atoms with Crippen LogP contribution >= 0.6 is 0 Å². The Morgan fingerprint density at radius 1 is 1.15 bits per heavy atom. The van der Waals surface area contributed by atoms with Crippen LogP contribution in [0.4, 0.5) is 0 Å². The molecular weight excluding hydrogens is 442 g/mol. The van der Waals surface area contributed by atoms with E-state index in [0.717, 1.165) is 11.1 Å². The lowest BCUT2D eigenvalue weighted by Gasteiger charge is -2.31. The molecule has 2 heterocycles. The Morgan fingerprint density at radius 2 is 1.82 bits per heavy atom. The number of hydrogen-bond donors (Lipinski definition) is 1. The predicted octanol–water partition coefficient (Wildman–Crippen LogP) is 2.99. The Bertz CT molecular complexity index is 1050. The largest absolute Gasteiger partial charge is 0.463 e. The molecule has 0 bridgehead atoms. The third kappa shape index (κ3) is 6.61. The minimum absolute atomic E-state index is 0.0290. The SMILES string of the molecule is Cc1ccc(C(CC(=O)OC(C)C)NC(=O)C2CCN(S(=O)(=O)c3cccnc3)CC2)cc1. The summed E-state index contributed by atoms with van der Waals surface area (Å²) in [5.41, 5.74) is 1.90. The number of carbonyl (C=O) groups is 2. The van der Waals surface area contributed by atoms with Gasteiger partial charge in [-0.15, -0.1) is 0 Å². The van der Waals surface area contributed by atoms with Crippen molar-refractivity contribution in [2.24, 2.45) is 5.92 Å². The molecule has 1 aromatic carbocycles. The predicted molar refractivity (Wildman–Crippen MR) is 124 cm³/mol. The van der Waals surface area contributed by atoms with Crippen LogP contribution in [-0.2, 0) is 24.3 Å². The van der Waals surface area contributed by atoms with E-state index in [0.29, 0.717) is 12.8 Å². The summed E-state index contributed by atoms with van der Waals surface area (Å²) in [6.45, 7) is 6.03. The third-order valence-corrected chi connectivity index (χ3v) is 7.51. The van der Waals surface area contributed by atoms with Crippen LogP contribution in [-0.4, -0.2) is 48.8 Å². The molecule has 0 spiro atoms. The van der Waals surface area contributed by atoms with Crippen LogP contribution in [0.25, 0.3) is 0 Å². The zero-order chi connectivity index (χ0) is 24.0. The number of benzene rings is 1. The smallest absolute Gasteiger partial charge is 0.308 e. The van der Waals surface area contributed by atoms with Crippen LogP contribution in [0.15, 0.2) is 53.7 Å². The number of aryl methyl sites for hydroxylation is 1. The van der Waals surface area contributed by atoms with Crippen LogP contribution in [0.2, 0.25) is 0 Å². The van der Waals surface area contributed by atoms with Gasteiger partial charge in [0.1, 0.15) is 4.90 Å². The maximum Gasteiger partial charge on any atom is 0.308 e. The fraction of sp³-hybridized carbons (Fsp3) is 0.458. The summed E-state index contributed by atoms with van der Waals surface area (Å²) in [6.07, 6.45) is 3.46. The molecule has 1 saturated heterocycles. The Labute approximate surface area is 195 Å². The number of hydrogen-bond acceptors (Lipinski definition) is 6. The van der Waals surface area contributed by atoms with E-state index in [1.807, 2.05) is 31.2 Å². The lowest BCUT2D eigenvalue weighted by molar-refractivity contribution is -0.148. The van der Waals surface area contributed by atoms with Crippen LogP contribution in [0.5, 0.6) is 0 Å². The zero-order valence-electron chi connectivity index (χ0n) is 19.2. The first-order chi connectivity index (χ1) is 15.7. The number of carbonyl (C=O) groups excluding carboxylic acids is 2. The second kappa shape index (κ2) is 10.9. The summed E-state index contributed by atoms with van der Waals surface area (Å²) in [7, 11) is -3.63. The molecule has 9 heteroatoms. The number of amides is 1. The molecule has 0 radical (unpaired) electrons. The standard InChI is InChI=1S/C24H31N3O5S/c1-17(2)32-23(28)15-22(19-8-6-18(3)7-9-19)26-24(29)20-10-13-27(14-11-20)33(30,31)21-5-4-12-25-16-21/h4-9,12,16-17,20,22H,10-11,13-15H2,1-3H3,(H,26,29). The third-order valence-electron chi connectivity index (χ3n) is 5.63. The highest BCUT2D eigenvalue weighted by Gasteiger charge is 2.33. The molecule has 1 aromatic heterocycles. The van der Waals surface area contributed by atoms with E-state index >= 15 is 0 Å². The number of nitrogens with zero attached hydrogens (tertiary/aromatic N) is 2. The number of piperidine rings is 1. The van der Waals surface area contributed by atoms with Gasteiger partial charge in [-0.3, -0.25) is 14.6 Å². The highest BCUT2D eigenvalue weighted by molar-refractivity contribution is 7.89. The molecule has 8 nitrogen and oxygen atoms in total. The Balaban J connectivity index is 1.65. The Kier molecular flexibility index (Phi) is 8.20. The average Bonchev–Trinajstić information content (AvgIpc) is 2.79. The van der Waals surface area contributed by atoms with Crippen molar-refractivity contribution in [3.63, 3.8) is 0 Å². The molecule has 1 N–H and O–H groups in total. The van der Waals surface area contributed by atoms with Gasteiger partial charge in [0.2, 0.25) is 15.9 Å². The lowest BCUT2D eigenvalue weighted by Crippen LogP contribution is -2.44. The second-order valence-corrected chi connectivity index (χ2v) is 10.5. The van der Waals surface area contributed by atoms with Crippen molar-refractivity contribution < 1.29 is 22.7 Å². The van der Waals surface area contributed by atoms with Crippen molar-refractivity contribution in [1.82, 2.24) is 14.6 Å². The van der Waals surface area contributed by atoms with Crippen molar-refractivity contribution in [2.45, 2.75) is 57.1 Å². The maximum absolute atomic E-state index is 13.0. The van der Waals surface area contributed by atoms with Gasteiger partial charge in [0.15, 0.2) is 0 Å². The Morgan fingerprint density at radius 3 is 2.39 bits per heavy atom. The van der Waals surface area contributed by atoms with E-state index in [-0.39, 0.29) is 48.3 Å². The fourth-order valence-corrected chi connectivity index (χ4v) is 5.26. The van der Waals surface area contributed by atoms with Crippen LogP contribution in [0.1, 0.15) is 50.3 Å². The zero-order valence-corrected chi connectivity index (χ0v) is 20.0. The first kappa shape index (κ1) is 24.9. The number of nitrogens with one attached hydrogen (secondary N) is 1. The van der Waals surface area contributed by atoms with Crippen LogP contribution < -0.4 is 5.32 Å². The van der Waals surface area contributed by atoms with E-state index in [1.54, 1.807) is 19.9 Å². The number of esters is 1. The molecule has 3 rings (SSSR count). The van der Waals surface area contributed by atoms with Gasteiger partial charge in [0.25, 0.3) is 0 Å². The van der Waals surface area contributed by atoms with Gasteiger partial charge in [-0.1, -0.05) is 29.8 Å². The van der Waals surface area contributed by atoms with Crippen LogP contribution in [0.3, 0.4) is 0 Å². The molecule has 1 atom stereocenters. The first-order valence-electron chi connectivity index (χ1n) is 11.1. The summed E-state index contributed by atoms with van der Waals surface area (Å²) in [5, 5.41) is 2.99. The number of rotatable bonds is 8. The first-order valence-corrected chi connectivity index (χ1v) is 12.6. The van der Waals surface area contributed by atoms with Gasteiger partial charge in [-0.2, -0.15) is 4.31 Å². The monoisotopic (exact) mass is 473 g/mol. The summed E-state index contributed by atoms with van der Waals surface area (Å²) in [4.78, 5) is 29.4. The van der Waals surface area contributed by atoms with E-state index in [1.165, 1.54) is 22.8 Å². The summed E-state index contributed by atoms with van der Waals surface area (Å²) < 4.78 is 32.3. The summed E-state index contributed by atoms with van der Waals surface area (Å²) in [5.74, 6) is -0.899. The van der Waals surface area contributed by atoms with E-state index in [9.17, 15) is 18.0 Å². The van der Waals surface area contributed by atoms with Crippen molar-refractivity contribution in [3.05, 3.63) is 59.9 Å². The number of ether oxygens (including phenoxy) is 1. The fourth-order valence-electron chi connectivity index (χ4n) is 3.83. The van der Waals surface area contributed by atoms with Crippen molar-refractivity contribution in [3.8, 4) is 0 Å². The number of aromatic nitrogens is 1. The molecule has 0 saturated carbocycles. The highest BCUT2D eigenvalue weighted by atomic mass is 32.2. The average molecular weight is 474 g/mol. The highest BCUT2D eigenvalue weighted by Crippen LogP contribution is 2.25. The quantitative estimate of drug-likeness (QED) is 0.591. The van der Waals surface area contributed by atoms with E-state index in [4.69, 9.17) is 4.74 Å². The molecule has 1 aliphatic rings. The minimum atomic E-state index is -3.63. The minimum Gasteiger partial charge on any atom is -0.463 e. The van der Waals surface area contributed by atoms with Gasteiger partial charge in [-0.05, 0) is 51.3 Å². The lowest BCUT2D eigenvalue weighted by atomic mass is 9.95. The van der Waals surface area contributed by atoms with Gasteiger partial charge in [0.05, 0.1) is 18.6 Å². The molecular formula is C24H31N3O5S. The van der Waals surface area contributed by atoms with Gasteiger partial charge >= 0.3 is 5.97 Å². The molecule has 178 valence electrons. The number of pyridine rings is 1. The Hall–Kier alpha value is -2.78. The molecule has 0 aliphatic carbocycles. The normalized spacial score (nSPS) is 16.4. The van der Waals surface area contributed by atoms with Gasteiger partial charge in [-0.25, -0.2) is 8.42 Å². The van der Waals surface area contributed by atoms with Crippen molar-refractivity contribution in [1.29, 1.82) is 0 Å². The molecule has 1 aliphatic heterocycles. The van der Waals surface area contributed by atoms with E-state index < -0.39 is 16.1 Å². The van der Waals surface area contributed by atoms with E-state index in [2.05, 4.69) is 10.3 Å². The topological polar surface area (TPSA) is 106 Å². The molecule has 1 fully saturated rings. The molecule has 1 amide bonds. The number of sulfonamides is 1. The van der Waals surface area contributed by atoms with Gasteiger partial charge < -0.3 is 10.1 Å². The summed E-state index contributed by atoms with van der Waals surface area (Å²) in [6, 6.07) is 10.2. The van der Waals surface area contributed by atoms with Crippen molar-refractivity contribution >= 4 is 21.9 Å². The summed E-state index contributed by atoms with van der Waals surface area (Å²) >= 11 is 0. The van der Waals surface area contributed by atoms with Crippen molar-refractivity contribution in [2.75, 3.05) is 13.1 Å². The maximum atomic E-state index is 13.0. The molecule has 33 heavy (non-hydrogen) atoms. The molecule has 1 unspecified atom stereocenters. The van der Waals surface area contributed by atoms with Gasteiger partial charge in [0, 0.05) is 31.4 Å². The van der Waals surface area contributed by atoms with Crippen LogP contribution in [0, 0.1) is 12.8 Å². The molecule has 2 aromatic rings. The second-order valence-electron chi connectivity index (χ2n) is 8.58.